The molecule has 0 spiro atoms. The average molecular weight is 348 g/mol. The lowest BCUT2D eigenvalue weighted by atomic mass is 9.83. The van der Waals surface area contributed by atoms with Gasteiger partial charge in [0.25, 0.3) is 0 Å². The van der Waals surface area contributed by atoms with E-state index in [0.29, 0.717) is 5.75 Å². The molecule has 0 aliphatic rings. The number of phenols is 1. The Bertz CT molecular complexity index is 531. The molecule has 2 N–H and O–H groups in total. The van der Waals surface area contributed by atoms with Crippen LogP contribution in [0.25, 0.3) is 0 Å². The second-order valence-electron chi connectivity index (χ2n) is 8.07. The van der Waals surface area contributed by atoms with Crippen molar-refractivity contribution in [2.75, 3.05) is 6.54 Å². The highest BCUT2D eigenvalue weighted by molar-refractivity contribution is 5.83. The van der Waals surface area contributed by atoms with Crippen molar-refractivity contribution in [3.05, 3.63) is 29.3 Å². The summed E-state index contributed by atoms with van der Waals surface area (Å²) >= 11 is 0. The molecule has 3 heteroatoms. The molecule has 1 unspecified atom stereocenters. The topological polar surface area (TPSA) is 49.3 Å². The second-order valence-corrected chi connectivity index (χ2v) is 8.07. The molecule has 0 saturated carbocycles. The van der Waals surface area contributed by atoms with Gasteiger partial charge in [-0.15, -0.1) is 0 Å². The molecule has 0 radical (unpaired) electrons. The lowest BCUT2D eigenvalue weighted by molar-refractivity contribution is -0.122. The van der Waals surface area contributed by atoms with Crippen molar-refractivity contribution in [3.63, 3.8) is 0 Å². The first-order valence-corrected chi connectivity index (χ1v) is 9.92. The van der Waals surface area contributed by atoms with Gasteiger partial charge < -0.3 is 10.4 Å². The Kier molecular flexibility index (Phi) is 9.02. The van der Waals surface area contributed by atoms with Crippen LogP contribution in [0.1, 0.15) is 96.6 Å². The second kappa shape index (κ2) is 10.5. The monoisotopic (exact) mass is 347 g/mol. The summed E-state index contributed by atoms with van der Waals surface area (Å²) in [6.45, 7) is 11.3. The van der Waals surface area contributed by atoms with Crippen molar-refractivity contribution >= 4 is 5.91 Å². The highest BCUT2D eigenvalue weighted by Gasteiger charge is 2.23. The Labute approximate surface area is 154 Å². The number of hydrogen-bond acceptors (Lipinski definition) is 2. The molecule has 0 bridgehead atoms. The van der Waals surface area contributed by atoms with Gasteiger partial charge in [-0.25, -0.2) is 0 Å². The van der Waals surface area contributed by atoms with Crippen LogP contribution in [0.3, 0.4) is 0 Å². The van der Waals surface area contributed by atoms with Crippen LogP contribution in [-0.4, -0.2) is 17.6 Å². The summed E-state index contributed by atoms with van der Waals surface area (Å²) in [4.78, 5) is 12.7. The van der Waals surface area contributed by atoms with Crippen LogP contribution in [-0.2, 0) is 10.2 Å². The summed E-state index contributed by atoms with van der Waals surface area (Å²) < 4.78 is 0. The van der Waals surface area contributed by atoms with Gasteiger partial charge >= 0.3 is 0 Å². The molecule has 0 aromatic heterocycles. The predicted molar refractivity (Wildman–Crippen MR) is 106 cm³/mol. The van der Waals surface area contributed by atoms with Crippen molar-refractivity contribution in [2.45, 2.75) is 90.9 Å². The highest BCUT2D eigenvalue weighted by atomic mass is 16.3. The van der Waals surface area contributed by atoms with E-state index in [2.05, 4.69) is 39.9 Å². The molecule has 0 aliphatic carbocycles. The number of carbonyl (C=O) groups excluding carboxylic acids is 1. The quantitative estimate of drug-likeness (QED) is 0.536. The number of carbonyl (C=O) groups is 1. The summed E-state index contributed by atoms with van der Waals surface area (Å²) in [5.41, 5.74) is 1.74. The maximum Gasteiger partial charge on any atom is 0.227 e. The zero-order valence-corrected chi connectivity index (χ0v) is 16.8. The SMILES string of the molecule is CCCCCCC(C(=O)NCCCC)c1ccc(C(C)(C)C)c(O)c1. The van der Waals surface area contributed by atoms with Crippen molar-refractivity contribution in [2.24, 2.45) is 0 Å². The molecule has 1 aromatic rings. The number of unbranched alkanes of at least 4 members (excludes halogenated alkanes) is 4. The van der Waals surface area contributed by atoms with Gasteiger partial charge in [-0.05, 0) is 35.4 Å². The smallest absolute Gasteiger partial charge is 0.227 e. The van der Waals surface area contributed by atoms with E-state index < -0.39 is 0 Å². The molecule has 0 fully saturated rings. The molecule has 0 aliphatic heterocycles. The van der Waals surface area contributed by atoms with E-state index in [-0.39, 0.29) is 17.2 Å². The molecular formula is C22H37NO2. The van der Waals surface area contributed by atoms with Crippen molar-refractivity contribution in [1.82, 2.24) is 5.32 Å². The largest absolute Gasteiger partial charge is 0.508 e. The minimum absolute atomic E-state index is 0.0906. The first-order valence-electron chi connectivity index (χ1n) is 9.92. The number of rotatable bonds is 10. The van der Waals surface area contributed by atoms with Crippen LogP contribution >= 0.6 is 0 Å². The van der Waals surface area contributed by atoms with Crippen molar-refractivity contribution in [1.29, 1.82) is 0 Å². The van der Waals surface area contributed by atoms with Crippen molar-refractivity contribution in [3.8, 4) is 5.75 Å². The zero-order valence-electron chi connectivity index (χ0n) is 16.8. The Morgan fingerprint density at radius 2 is 1.76 bits per heavy atom. The Morgan fingerprint density at radius 1 is 1.08 bits per heavy atom. The van der Waals surface area contributed by atoms with Gasteiger partial charge in [0.05, 0.1) is 5.92 Å². The lowest BCUT2D eigenvalue weighted by Crippen LogP contribution is -2.30. The maximum absolute atomic E-state index is 12.7. The lowest BCUT2D eigenvalue weighted by Gasteiger charge is -2.23. The zero-order chi connectivity index (χ0) is 18.9. The summed E-state index contributed by atoms with van der Waals surface area (Å²) in [7, 11) is 0. The normalized spacial score (nSPS) is 12.8. The van der Waals surface area contributed by atoms with Crippen LogP contribution in [0.5, 0.6) is 5.75 Å². The van der Waals surface area contributed by atoms with Gasteiger partial charge in [-0.1, -0.05) is 78.9 Å². The number of nitrogens with one attached hydrogen (secondary N) is 1. The Morgan fingerprint density at radius 3 is 2.32 bits per heavy atom. The molecule has 0 heterocycles. The van der Waals surface area contributed by atoms with Gasteiger partial charge in [0.15, 0.2) is 0 Å². The molecule has 1 amide bonds. The number of amides is 1. The fourth-order valence-corrected chi connectivity index (χ4v) is 3.14. The van der Waals surface area contributed by atoms with E-state index in [9.17, 15) is 9.90 Å². The molecule has 0 saturated heterocycles. The molecule has 25 heavy (non-hydrogen) atoms. The molecule has 1 rings (SSSR count). The van der Waals surface area contributed by atoms with Crippen LogP contribution in [0.4, 0.5) is 0 Å². The maximum atomic E-state index is 12.7. The Hall–Kier alpha value is -1.51. The fraction of sp³-hybridized carbons (Fsp3) is 0.682. The van der Waals surface area contributed by atoms with Gasteiger partial charge in [0.2, 0.25) is 5.91 Å². The van der Waals surface area contributed by atoms with Gasteiger partial charge in [0.1, 0.15) is 5.75 Å². The summed E-state index contributed by atoms with van der Waals surface area (Å²) in [5, 5.41) is 13.5. The third-order valence-corrected chi connectivity index (χ3v) is 4.72. The van der Waals surface area contributed by atoms with Crippen LogP contribution in [0.15, 0.2) is 18.2 Å². The average Bonchev–Trinajstić information content (AvgIpc) is 2.53. The number of aromatic hydroxyl groups is 1. The van der Waals surface area contributed by atoms with Gasteiger partial charge in [-0.3, -0.25) is 4.79 Å². The summed E-state index contributed by atoms with van der Waals surface area (Å²) in [5.74, 6) is 0.214. The van der Waals surface area contributed by atoms with Crippen molar-refractivity contribution < 1.29 is 9.90 Å². The fourth-order valence-electron chi connectivity index (χ4n) is 3.14. The Balaban J connectivity index is 2.93. The van der Waals surface area contributed by atoms with Gasteiger partial charge in [-0.2, -0.15) is 0 Å². The molecule has 142 valence electrons. The molecule has 1 atom stereocenters. The van der Waals surface area contributed by atoms with Crippen LogP contribution in [0, 0.1) is 0 Å². The number of benzene rings is 1. The molecule has 3 nitrogen and oxygen atoms in total. The highest BCUT2D eigenvalue weighted by Crippen LogP contribution is 2.34. The number of hydrogen-bond donors (Lipinski definition) is 2. The van der Waals surface area contributed by atoms with Crippen LogP contribution in [0.2, 0.25) is 0 Å². The van der Waals surface area contributed by atoms with E-state index in [1.165, 1.54) is 12.8 Å². The number of phenolic OH excluding ortho intramolecular Hbond substituents is 1. The van der Waals surface area contributed by atoms with E-state index in [1.54, 1.807) is 6.07 Å². The van der Waals surface area contributed by atoms with E-state index in [1.807, 2.05) is 12.1 Å². The minimum Gasteiger partial charge on any atom is -0.508 e. The standard InChI is InChI=1S/C22H37NO2/c1-6-8-10-11-12-18(21(25)23-15-9-7-2)17-13-14-19(20(24)16-17)22(3,4)5/h13-14,16,18,24H,6-12,15H2,1-5H3,(H,23,25). The molecular weight excluding hydrogens is 310 g/mol. The van der Waals surface area contributed by atoms with E-state index >= 15 is 0 Å². The first-order chi connectivity index (χ1) is 11.8. The van der Waals surface area contributed by atoms with E-state index in [4.69, 9.17) is 0 Å². The van der Waals surface area contributed by atoms with Crippen LogP contribution < -0.4 is 5.32 Å². The third-order valence-electron chi connectivity index (χ3n) is 4.72. The first kappa shape index (κ1) is 21.5. The van der Waals surface area contributed by atoms with Gasteiger partial charge in [0, 0.05) is 6.54 Å². The predicted octanol–water partition coefficient (Wildman–Crippen LogP) is 5.66. The summed E-state index contributed by atoms with van der Waals surface area (Å²) in [6.07, 6.45) is 7.51. The minimum atomic E-state index is -0.173. The third kappa shape index (κ3) is 7.09. The van der Waals surface area contributed by atoms with E-state index in [0.717, 1.165) is 49.8 Å². The summed E-state index contributed by atoms with van der Waals surface area (Å²) in [6, 6.07) is 5.79. The molecule has 1 aromatic carbocycles.